The van der Waals surface area contributed by atoms with Gasteiger partial charge >= 0.3 is 0 Å². The lowest BCUT2D eigenvalue weighted by molar-refractivity contribution is -0.121. The normalized spacial score (nSPS) is 13.8. The van der Waals surface area contributed by atoms with E-state index in [0.717, 1.165) is 11.8 Å². The monoisotopic (exact) mass is 462 g/mol. The minimum absolute atomic E-state index is 0.154. The largest absolute Gasteiger partial charge is 0.492 e. The van der Waals surface area contributed by atoms with Crippen LogP contribution in [0, 0.1) is 0 Å². The Bertz CT molecular complexity index is 1040. The van der Waals surface area contributed by atoms with E-state index in [4.69, 9.17) is 14.2 Å². The van der Waals surface area contributed by atoms with Crippen molar-refractivity contribution in [3.8, 4) is 17.2 Å². The molecule has 174 valence electrons. The van der Waals surface area contributed by atoms with Gasteiger partial charge in [-0.15, -0.1) is 0 Å². The predicted octanol–water partition coefficient (Wildman–Crippen LogP) is 3.28. The molecule has 32 heavy (non-hydrogen) atoms. The number of carbonyl (C=O) groups excluding carboxylic acids is 1. The summed E-state index contributed by atoms with van der Waals surface area (Å²) in [5.41, 5.74) is 1.38. The average molecular weight is 463 g/mol. The van der Waals surface area contributed by atoms with Gasteiger partial charge < -0.3 is 19.5 Å². The number of para-hydroxylation sites is 2. The van der Waals surface area contributed by atoms with Crippen LogP contribution in [0.5, 0.6) is 17.2 Å². The second kappa shape index (κ2) is 10.6. The maximum Gasteiger partial charge on any atom is 0.232 e. The molecular formula is C23H30N2O6S. The number of anilines is 1. The molecule has 1 atom stereocenters. The number of carbonyl (C=O) groups is 1. The first-order chi connectivity index (χ1) is 15.3. The van der Waals surface area contributed by atoms with Gasteiger partial charge in [-0.3, -0.25) is 9.10 Å². The minimum atomic E-state index is -3.54. The van der Waals surface area contributed by atoms with Crippen molar-refractivity contribution in [3.63, 3.8) is 0 Å². The first-order valence-corrected chi connectivity index (χ1v) is 12.5. The summed E-state index contributed by atoms with van der Waals surface area (Å²) in [6, 6.07) is 12.4. The highest BCUT2D eigenvalue weighted by Crippen LogP contribution is 2.33. The first kappa shape index (κ1) is 23.7. The van der Waals surface area contributed by atoms with Gasteiger partial charge in [0.15, 0.2) is 11.5 Å². The van der Waals surface area contributed by atoms with E-state index in [2.05, 4.69) is 5.32 Å². The molecule has 1 aliphatic heterocycles. The van der Waals surface area contributed by atoms with Gasteiger partial charge in [-0.25, -0.2) is 8.42 Å². The van der Waals surface area contributed by atoms with Crippen LogP contribution in [-0.4, -0.2) is 46.9 Å². The van der Waals surface area contributed by atoms with Crippen LogP contribution in [-0.2, 0) is 14.8 Å². The molecule has 0 aromatic heterocycles. The fourth-order valence-corrected chi connectivity index (χ4v) is 4.48. The Kier molecular flexibility index (Phi) is 7.84. The standard InChI is InChI=1S/C23H30N2O6S/c1-4-29-20-9-6-5-8-19(20)25(32(3,27)28)13-7-10-23(26)24-17(2)18-11-12-21-22(16-18)31-15-14-30-21/h5-6,8-9,11-12,16-17H,4,7,10,13-15H2,1-3H3,(H,24,26). The van der Waals surface area contributed by atoms with Crippen molar-refractivity contribution < 1.29 is 27.4 Å². The predicted molar refractivity (Wildman–Crippen MR) is 123 cm³/mol. The van der Waals surface area contributed by atoms with Crippen molar-refractivity contribution in [1.82, 2.24) is 5.32 Å². The number of rotatable bonds is 10. The number of benzene rings is 2. The molecule has 3 rings (SSSR count). The highest BCUT2D eigenvalue weighted by Gasteiger charge is 2.21. The molecule has 1 heterocycles. The maximum absolute atomic E-state index is 12.5. The van der Waals surface area contributed by atoms with Crippen molar-refractivity contribution in [2.24, 2.45) is 0 Å². The Morgan fingerprint density at radius 3 is 2.59 bits per heavy atom. The second-order valence-corrected chi connectivity index (χ2v) is 9.44. The van der Waals surface area contributed by atoms with Crippen LogP contribution < -0.4 is 23.8 Å². The van der Waals surface area contributed by atoms with Gasteiger partial charge in [-0.05, 0) is 50.1 Å². The summed E-state index contributed by atoms with van der Waals surface area (Å²) >= 11 is 0. The zero-order valence-electron chi connectivity index (χ0n) is 18.7. The van der Waals surface area contributed by atoms with Crippen LogP contribution in [0.3, 0.4) is 0 Å². The highest BCUT2D eigenvalue weighted by molar-refractivity contribution is 7.92. The Balaban J connectivity index is 1.59. The van der Waals surface area contributed by atoms with Crippen molar-refractivity contribution in [3.05, 3.63) is 48.0 Å². The van der Waals surface area contributed by atoms with E-state index < -0.39 is 10.0 Å². The van der Waals surface area contributed by atoms with Crippen molar-refractivity contribution in [1.29, 1.82) is 0 Å². The van der Waals surface area contributed by atoms with E-state index in [9.17, 15) is 13.2 Å². The fourth-order valence-electron chi connectivity index (χ4n) is 3.52. The lowest BCUT2D eigenvalue weighted by atomic mass is 10.1. The van der Waals surface area contributed by atoms with Crippen molar-refractivity contribution in [2.75, 3.05) is 36.9 Å². The zero-order valence-corrected chi connectivity index (χ0v) is 19.5. The van der Waals surface area contributed by atoms with Gasteiger partial charge in [0.25, 0.3) is 0 Å². The van der Waals surface area contributed by atoms with Crippen LogP contribution in [0.2, 0.25) is 0 Å². The molecule has 2 aromatic carbocycles. The van der Waals surface area contributed by atoms with E-state index in [1.807, 2.05) is 32.0 Å². The highest BCUT2D eigenvalue weighted by atomic mass is 32.2. The SMILES string of the molecule is CCOc1ccccc1N(CCCC(=O)NC(C)c1ccc2c(c1)OCCO2)S(C)(=O)=O. The van der Waals surface area contributed by atoms with Gasteiger partial charge in [0.1, 0.15) is 19.0 Å². The lowest BCUT2D eigenvalue weighted by Gasteiger charge is -2.24. The van der Waals surface area contributed by atoms with E-state index in [-0.39, 0.29) is 24.9 Å². The summed E-state index contributed by atoms with van der Waals surface area (Å²) in [5.74, 6) is 1.72. The topological polar surface area (TPSA) is 94.2 Å². The second-order valence-electron chi connectivity index (χ2n) is 7.53. The molecule has 9 heteroatoms. The number of nitrogens with zero attached hydrogens (tertiary/aromatic N) is 1. The number of hydrogen-bond acceptors (Lipinski definition) is 6. The maximum atomic E-state index is 12.5. The molecule has 0 saturated carbocycles. The molecule has 1 amide bonds. The van der Waals surface area contributed by atoms with E-state index in [0.29, 0.717) is 49.2 Å². The van der Waals surface area contributed by atoms with Crippen LogP contribution >= 0.6 is 0 Å². The van der Waals surface area contributed by atoms with Crippen LogP contribution in [0.1, 0.15) is 38.3 Å². The summed E-state index contributed by atoms with van der Waals surface area (Å²) in [5, 5.41) is 2.96. The van der Waals surface area contributed by atoms with Gasteiger partial charge in [-0.2, -0.15) is 0 Å². The summed E-state index contributed by atoms with van der Waals surface area (Å²) in [6.45, 7) is 5.36. The summed E-state index contributed by atoms with van der Waals surface area (Å²) in [7, 11) is -3.54. The van der Waals surface area contributed by atoms with Gasteiger partial charge in [0, 0.05) is 13.0 Å². The first-order valence-electron chi connectivity index (χ1n) is 10.7. The quantitative estimate of drug-likeness (QED) is 0.582. The number of sulfonamides is 1. The van der Waals surface area contributed by atoms with Crippen LogP contribution in [0.15, 0.2) is 42.5 Å². The van der Waals surface area contributed by atoms with Gasteiger partial charge in [-0.1, -0.05) is 18.2 Å². The molecule has 0 bridgehead atoms. The summed E-state index contributed by atoms with van der Waals surface area (Å²) in [6.07, 6.45) is 1.71. The molecular weight excluding hydrogens is 432 g/mol. The number of ether oxygens (including phenoxy) is 3. The van der Waals surface area contributed by atoms with E-state index in [1.54, 1.807) is 24.3 Å². The zero-order chi connectivity index (χ0) is 23.1. The Labute approximate surface area is 189 Å². The van der Waals surface area contributed by atoms with E-state index in [1.165, 1.54) is 4.31 Å². The number of fused-ring (bicyclic) bond motifs is 1. The molecule has 0 fully saturated rings. The third kappa shape index (κ3) is 6.06. The summed E-state index contributed by atoms with van der Waals surface area (Å²) in [4.78, 5) is 12.5. The Hall–Kier alpha value is -2.94. The third-order valence-electron chi connectivity index (χ3n) is 5.04. The average Bonchev–Trinajstić information content (AvgIpc) is 2.76. The molecule has 0 radical (unpaired) electrons. The van der Waals surface area contributed by atoms with Gasteiger partial charge in [0.2, 0.25) is 15.9 Å². The third-order valence-corrected chi connectivity index (χ3v) is 6.22. The fraction of sp³-hybridized carbons (Fsp3) is 0.435. The number of nitrogens with one attached hydrogen (secondary N) is 1. The Morgan fingerprint density at radius 1 is 1.16 bits per heavy atom. The molecule has 1 N–H and O–H groups in total. The number of amides is 1. The van der Waals surface area contributed by atoms with Gasteiger partial charge in [0.05, 0.1) is 24.6 Å². The van der Waals surface area contributed by atoms with Crippen molar-refractivity contribution in [2.45, 2.75) is 32.7 Å². The number of hydrogen-bond donors (Lipinski definition) is 1. The molecule has 0 saturated heterocycles. The molecule has 1 unspecified atom stereocenters. The lowest BCUT2D eigenvalue weighted by Crippen LogP contribution is -2.33. The molecule has 0 spiro atoms. The van der Waals surface area contributed by atoms with E-state index >= 15 is 0 Å². The van der Waals surface area contributed by atoms with Crippen LogP contribution in [0.25, 0.3) is 0 Å². The molecule has 1 aliphatic rings. The van der Waals surface area contributed by atoms with Crippen LogP contribution in [0.4, 0.5) is 5.69 Å². The van der Waals surface area contributed by atoms with Crippen molar-refractivity contribution >= 4 is 21.6 Å². The molecule has 0 aliphatic carbocycles. The molecule has 8 nitrogen and oxygen atoms in total. The molecule has 2 aromatic rings. The Morgan fingerprint density at radius 2 is 1.88 bits per heavy atom. The minimum Gasteiger partial charge on any atom is -0.492 e. The smallest absolute Gasteiger partial charge is 0.232 e. The summed E-state index contributed by atoms with van der Waals surface area (Å²) < 4.78 is 42.8.